The first-order valence-corrected chi connectivity index (χ1v) is 6.21. The second-order valence-corrected chi connectivity index (χ2v) is 4.85. The van der Waals surface area contributed by atoms with E-state index in [-0.39, 0.29) is 0 Å². The molecule has 5 nitrogen and oxygen atoms in total. The Morgan fingerprint density at radius 3 is 2.78 bits per heavy atom. The molecule has 0 spiro atoms. The molecule has 7 heteroatoms. The summed E-state index contributed by atoms with van der Waals surface area (Å²) in [7, 11) is 0. The van der Waals surface area contributed by atoms with Crippen LogP contribution in [0.3, 0.4) is 0 Å². The van der Waals surface area contributed by atoms with Gasteiger partial charge in [0, 0.05) is 17.4 Å². The average molecular weight is 279 g/mol. The van der Waals surface area contributed by atoms with Gasteiger partial charge in [0.1, 0.15) is 5.52 Å². The van der Waals surface area contributed by atoms with Crippen LogP contribution in [-0.4, -0.2) is 15.0 Å². The van der Waals surface area contributed by atoms with Gasteiger partial charge in [-0.15, -0.1) is 0 Å². The maximum Gasteiger partial charge on any atom is 0.264 e. The third-order valence-electron chi connectivity index (χ3n) is 2.17. The molecule has 2 N–H and O–H groups in total. The number of aromatic nitrogens is 3. The van der Waals surface area contributed by atoms with Crippen molar-refractivity contribution in [1.82, 2.24) is 15.0 Å². The summed E-state index contributed by atoms with van der Waals surface area (Å²) < 4.78 is 5.54. The molecule has 0 saturated heterocycles. The number of hydrogen-bond acceptors (Lipinski definition) is 6. The highest BCUT2D eigenvalue weighted by Crippen LogP contribution is 2.28. The molecule has 90 valence electrons. The van der Waals surface area contributed by atoms with Crippen molar-refractivity contribution in [1.29, 1.82) is 0 Å². The Labute approximate surface area is 111 Å². The predicted octanol–water partition coefficient (Wildman–Crippen LogP) is 3.00. The van der Waals surface area contributed by atoms with Crippen molar-refractivity contribution < 1.29 is 4.42 Å². The van der Waals surface area contributed by atoms with Gasteiger partial charge in [0.2, 0.25) is 0 Å². The summed E-state index contributed by atoms with van der Waals surface area (Å²) in [6, 6.07) is 5.30. The summed E-state index contributed by atoms with van der Waals surface area (Å²) in [5.74, 6) is 0. The zero-order valence-corrected chi connectivity index (χ0v) is 10.6. The Kier molecular flexibility index (Phi) is 2.81. The van der Waals surface area contributed by atoms with Crippen LogP contribution >= 0.6 is 23.4 Å². The van der Waals surface area contributed by atoms with E-state index in [0.29, 0.717) is 32.2 Å². The van der Waals surface area contributed by atoms with Gasteiger partial charge in [0.15, 0.2) is 10.7 Å². The van der Waals surface area contributed by atoms with E-state index in [4.69, 9.17) is 21.8 Å². The van der Waals surface area contributed by atoms with Crippen LogP contribution in [0.1, 0.15) is 0 Å². The lowest BCUT2D eigenvalue weighted by molar-refractivity contribution is 0.488. The number of rotatable bonds is 2. The highest BCUT2D eigenvalue weighted by atomic mass is 35.5. The normalized spacial score (nSPS) is 10.9. The minimum absolute atomic E-state index is 0.470. The Hall–Kier alpha value is -1.79. The molecule has 0 aliphatic carbocycles. The molecule has 0 bridgehead atoms. The number of benzene rings is 1. The van der Waals surface area contributed by atoms with Crippen LogP contribution in [0.4, 0.5) is 5.69 Å². The van der Waals surface area contributed by atoms with Crippen LogP contribution in [0.15, 0.2) is 45.4 Å². The average Bonchev–Trinajstić information content (AvgIpc) is 2.73. The molecular formula is C11H7ClN4OS. The van der Waals surface area contributed by atoms with Crippen molar-refractivity contribution in [2.24, 2.45) is 0 Å². The molecule has 0 saturated carbocycles. The number of halogens is 1. The van der Waals surface area contributed by atoms with Crippen LogP contribution in [0, 0.1) is 0 Å². The fourth-order valence-electron chi connectivity index (χ4n) is 1.40. The van der Waals surface area contributed by atoms with Gasteiger partial charge in [-0.2, -0.15) is 0 Å². The maximum absolute atomic E-state index is 5.71. The molecule has 0 atom stereocenters. The van der Waals surface area contributed by atoms with E-state index in [1.165, 1.54) is 24.2 Å². The minimum atomic E-state index is 0.470. The van der Waals surface area contributed by atoms with E-state index in [0.717, 1.165) is 0 Å². The van der Waals surface area contributed by atoms with E-state index in [1.54, 1.807) is 18.2 Å². The summed E-state index contributed by atoms with van der Waals surface area (Å²) in [4.78, 5) is 12.4. The van der Waals surface area contributed by atoms with Gasteiger partial charge in [-0.1, -0.05) is 11.6 Å². The molecule has 18 heavy (non-hydrogen) atoms. The molecule has 0 amide bonds. The van der Waals surface area contributed by atoms with E-state index in [2.05, 4.69) is 15.0 Å². The van der Waals surface area contributed by atoms with Crippen molar-refractivity contribution in [3.05, 3.63) is 35.6 Å². The van der Waals surface area contributed by atoms with Gasteiger partial charge < -0.3 is 10.2 Å². The molecular weight excluding hydrogens is 272 g/mol. The van der Waals surface area contributed by atoms with E-state index in [9.17, 15) is 0 Å². The summed E-state index contributed by atoms with van der Waals surface area (Å²) >= 11 is 6.94. The van der Waals surface area contributed by atoms with Crippen LogP contribution in [0.2, 0.25) is 5.02 Å². The van der Waals surface area contributed by atoms with Crippen LogP contribution < -0.4 is 5.73 Å². The van der Waals surface area contributed by atoms with Crippen molar-refractivity contribution >= 4 is 40.1 Å². The van der Waals surface area contributed by atoms with E-state index < -0.39 is 0 Å². The SMILES string of the molecule is Nc1ccc2oc(Sc3ncc(Cl)cn3)nc2c1. The summed E-state index contributed by atoms with van der Waals surface area (Å²) in [5, 5.41) is 1.49. The van der Waals surface area contributed by atoms with Gasteiger partial charge in [-0.25, -0.2) is 15.0 Å². The zero-order chi connectivity index (χ0) is 12.5. The Morgan fingerprint density at radius 2 is 2.00 bits per heavy atom. The molecule has 0 fully saturated rings. The number of hydrogen-bond donors (Lipinski definition) is 1. The van der Waals surface area contributed by atoms with Crippen LogP contribution in [0.25, 0.3) is 11.1 Å². The maximum atomic E-state index is 5.71. The molecule has 2 aromatic heterocycles. The Balaban J connectivity index is 1.92. The number of nitrogens with zero attached hydrogens (tertiary/aromatic N) is 3. The fraction of sp³-hybridized carbons (Fsp3) is 0. The van der Waals surface area contributed by atoms with Gasteiger partial charge in [-0.05, 0) is 18.2 Å². The van der Waals surface area contributed by atoms with Crippen molar-refractivity contribution in [2.75, 3.05) is 5.73 Å². The second kappa shape index (κ2) is 4.47. The Morgan fingerprint density at radius 1 is 1.22 bits per heavy atom. The Bertz CT molecular complexity index is 698. The van der Waals surface area contributed by atoms with Crippen LogP contribution in [-0.2, 0) is 0 Å². The lowest BCUT2D eigenvalue weighted by Gasteiger charge is -1.93. The molecule has 0 aliphatic heterocycles. The predicted molar refractivity (Wildman–Crippen MR) is 69.6 cm³/mol. The van der Waals surface area contributed by atoms with E-state index in [1.807, 2.05) is 0 Å². The van der Waals surface area contributed by atoms with Gasteiger partial charge in [0.25, 0.3) is 5.22 Å². The fourth-order valence-corrected chi connectivity index (χ4v) is 2.14. The standard InChI is InChI=1S/C11H7ClN4OS/c12-6-4-14-10(15-5-6)18-11-16-8-3-7(13)1-2-9(8)17-11/h1-5H,13H2. The molecule has 3 rings (SSSR count). The van der Waals surface area contributed by atoms with Crippen molar-refractivity contribution in [3.63, 3.8) is 0 Å². The first-order chi connectivity index (χ1) is 8.70. The van der Waals surface area contributed by atoms with Gasteiger partial charge in [0.05, 0.1) is 17.4 Å². The molecule has 1 aromatic carbocycles. The first kappa shape index (κ1) is 11.3. The lowest BCUT2D eigenvalue weighted by Crippen LogP contribution is -1.84. The molecule has 3 aromatic rings. The van der Waals surface area contributed by atoms with Crippen LogP contribution in [0.5, 0.6) is 0 Å². The molecule has 0 unspecified atom stereocenters. The number of anilines is 1. The molecule has 2 heterocycles. The highest BCUT2D eigenvalue weighted by Gasteiger charge is 2.09. The second-order valence-electron chi connectivity index (χ2n) is 3.49. The number of fused-ring (bicyclic) bond motifs is 1. The first-order valence-electron chi connectivity index (χ1n) is 5.02. The quantitative estimate of drug-likeness (QED) is 0.573. The highest BCUT2D eigenvalue weighted by molar-refractivity contribution is 7.98. The number of nitrogens with two attached hydrogens (primary N) is 1. The number of nitrogen functional groups attached to an aromatic ring is 1. The third kappa shape index (κ3) is 2.25. The number of oxazole rings is 1. The minimum Gasteiger partial charge on any atom is -0.431 e. The van der Waals surface area contributed by atoms with Crippen molar-refractivity contribution in [3.8, 4) is 0 Å². The summed E-state index contributed by atoms with van der Waals surface area (Å²) in [6.07, 6.45) is 3.05. The summed E-state index contributed by atoms with van der Waals surface area (Å²) in [6.45, 7) is 0. The smallest absolute Gasteiger partial charge is 0.264 e. The zero-order valence-electron chi connectivity index (χ0n) is 9.00. The largest absolute Gasteiger partial charge is 0.431 e. The molecule has 0 aliphatic rings. The lowest BCUT2D eigenvalue weighted by atomic mass is 10.3. The van der Waals surface area contributed by atoms with E-state index >= 15 is 0 Å². The third-order valence-corrected chi connectivity index (χ3v) is 3.11. The topological polar surface area (TPSA) is 77.8 Å². The summed E-state index contributed by atoms with van der Waals surface area (Å²) in [5.41, 5.74) is 7.72. The van der Waals surface area contributed by atoms with Crippen molar-refractivity contribution in [2.45, 2.75) is 10.4 Å². The monoisotopic (exact) mass is 278 g/mol. The molecule has 0 radical (unpaired) electrons. The van der Waals surface area contributed by atoms with Gasteiger partial charge >= 0.3 is 0 Å². The van der Waals surface area contributed by atoms with Gasteiger partial charge in [-0.3, -0.25) is 0 Å².